The topological polar surface area (TPSA) is 34.1 Å². The van der Waals surface area contributed by atoms with Gasteiger partial charge in [0.15, 0.2) is 5.78 Å². The van der Waals surface area contributed by atoms with E-state index in [4.69, 9.17) is 0 Å². The molecule has 0 radical (unpaired) electrons. The first-order valence-electron chi connectivity index (χ1n) is 6.73. The van der Waals surface area contributed by atoms with E-state index in [1.165, 1.54) is 0 Å². The van der Waals surface area contributed by atoms with Crippen LogP contribution >= 0.6 is 0 Å². The van der Waals surface area contributed by atoms with Gasteiger partial charge in [-0.2, -0.15) is 0 Å². The highest BCUT2D eigenvalue weighted by Gasteiger charge is 2.34. The van der Waals surface area contributed by atoms with Gasteiger partial charge in [0, 0.05) is 23.8 Å². The molecule has 1 unspecified atom stereocenters. The summed E-state index contributed by atoms with van der Waals surface area (Å²) in [5.41, 5.74) is 0.493. The normalized spacial score (nSPS) is 23.9. The predicted octanol–water partition coefficient (Wildman–Crippen LogP) is 3.80. The van der Waals surface area contributed by atoms with Crippen LogP contribution in [0.4, 0.5) is 0 Å². The molecule has 0 heterocycles. The highest BCUT2D eigenvalue weighted by Crippen LogP contribution is 2.37. The average Bonchev–Trinajstić information content (AvgIpc) is 2.41. The molecule has 1 aliphatic rings. The summed E-state index contributed by atoms with van der Waals surface area (Å²) in [7, 11) is 0. The van der Waals surface area contributed by atoms with Gasteiger partial charge in [-0.15, -0.1) is 0 Å². The third-order valence-electron chi connectivity index (χ3n) is 4.06. The van der Waals surface area contributed by atoms with Gasteiger partial charge in [-0.1, -0.05) is 43.7 Å². The Kier molecular flexibility index (Phi) is 3.95. The van der Waals surface area contributed by atoms with E-state index in [1.54, 1.807) is 0 Å². The number of benzene rings is 1. The van der Waals surface area contributed by atoms with Crippen molar-refractivity contribution >= 4 is 11.6 Å². The minimum absolute atomic E-state index is 0.148. The number of carbonyl (C=O) groups excluding carboxylic acids is 2. The van der Waals surface area contributed by atoms with Crippen LogP contribution in [0.5, 0.6) is 0 Å². The van der Waals surface area contributed by atoms with Gasteiger partial charge in [-0.25, -0.2) is 0 Å². The van der Waals surface area contributed by atoms with Gasteiger partial charge in [0.05, 0.1) is 0 Å². The van der Waals surface area contributed by atoms with Gasteiger partial charge < -0.3 is 0 Å². The summed E-state index contributed by atoms with van der Waals surface area (Å²) in [6.07, 6.45) is 4.93. The summed E-state index contributed by atoms with van der Waals surface area (Å²) in [4.78, 5) is 24.0. The summed E-state index contributed by atoms with van der Waals surface area (Å²) in [5.74, 6) is 0.491. The number of hydrogen-bond acceptors (Lipinski definition) is 2. The Balaban J connectivity index is 1.95. The summed E-state index contributed by atoms with van der Waals surface area (Å²) >= 11 is 0. The van der Waals surface area contributed by atoms with E-state index in [1.807, 2.05) is 37.3 Å². The van der Waals surface area contributed by atoms with Crippen LogP contribution < -0.4 is 0 Å². The average molecular weight is 244 g/mol. The van der Waals surface area contributed by atoms with Gasteiger partial charge in [0.25, 0.3) is 0 Å². The van der Waals surface area contributed by atoms with Crippen LogP contribution in [0, 0.1) is 5.41 Å². The Morgan fingerprint density at radius 2 is 1.94 bits per heavy atom. The Bertz CT molecular complexity index is 436. The van der Waals surface area contributed by atoms with Crippen molar-refractivity contribution in [1.29, 1.82) is 0 Å². The van der Waals surface area contributed by atoms with Gasteiger partial charge >= 0.3 is 0 Å². The van der Waals surface area contributed by atoms with E-state index in [-0.39, 0.29) is 11.2 Å². The second-order valence-electron chi connectivity index (χ2n) is 5.48. The molecule has 18 heavy (non-hydrogen) atoms. The van der Waals surface area contributed by atoms with Crippen molar-refractivity contribution in [2.75, 3.05) is 0 Å². The fraction of sp³-hybridized carbons (Fsp3) is 0.500. The standard InChI is InChI=1S/C16H20O2/c1-16(11-6-5-9-15(16)18)12-10-14(17)13-7-3-2-4-8-13/h2-4,7-8H,5-6,9-12H2,1H3. The van der Waals surface area contributed by atoms with Crippen LogP contribution in [0.3, 0.4) is 0 Å². The van der Waals surface area contributed by atoms with Crippen molar-refractivity contribution < 1.29 is 9.59 Å². The van der Waals surface area contributed by atoms with Crippen molar-refractivity contribution in [3.8, 4) is 0 Å². The maximum Gasteiger partial charge on any atom is 0.162 e. The molecule has 1 aliphatic carbocycles. The van der Waals surface area contributed by atoms with Crippen molar-refractivity contribution in [2.24, 2.45) is 5.41 Å². The Morgan fingerprint density at radius 3 is 2.61 bits per heavy atom. The zero-order valence-electron chi connectivity index (χ0n) is 10.9. The highest BCUT2D eigenvalue weighted by atomic mass is 16.1. The third-order valence-corrected chi connectivity index (χ3v) is 4.06. The van der Waals surface area contributed by atoms with Gasteiger partial charge in [0.1, 0.15) is 5.78 Å². The maximum atomic E-state index is 12.0. The highest BCUT2D eigenvalue weighted by molar-refractivity contribution is 5.96. The molecular formula is C16H20O2. The number of rotatable bonds is 4. The zero-order chi connectivity index (χ0) is 13.0. The molecule has 1 saturated carbocycles. The molecule has 1 aromatic carbocycles. The summed E-state index contributed by atoms with van der Waals surface area (Å²) in [6, 6.07) is 9.34. The molecule has 0 spiro atoms. The molecule has 1 fully saturated rings. The fourth-order valence-electron chi connectivity index (χ4n) is 2.66. The minimum atomic E-state index is -0.261. The third kappa shape index (κ3) is 2.87. The Labute approximate surface area is 108 Å². The fourth-order valence-corrected chi connectivity index (χ4v) is 2.66. The Hall–Kier alpha value is -1.44. The van der Waals surface area contributed by atoms with Crippen LogP contribution in [0.15, 0.2) is 30.3 Å². The lowest BCUT2D eigenvalue weighted by Crippen LogP contribution is -2.31. The monoisotopic (exact) mass is 244 g/mol. The van der Waals surface area contributed by atoms with Gasteiger partial charge in [-0.3, -0.25) is 9.59 Å². The molecule has 0 saturated heterocycles. The summed E-state index contributed by atoms with van der Waals surface area (Å²) in [6.45, 7) is 2.02. The van der Waals surface area contributed by atoms with Crippen LogP contribution in [0.25, 0.3) is 0 Å². The van der Waals surface area contributed by atoms with Gasteiger partial charge in [-0.05, 0) is 19.3 Å². The van der Waals surface area contributed by atoms with Crippen molar-refractivity contribution in [3.63, 3.8) is 0 Å². The number of carbonyl (C=O) groups is 2. The molecule has 1 aromatic rings. The van der Waals surface area contributed by atoms with Crippen LogP contribution in [0.2, 0.25) is 0 Å². The quantitative estimate of drug-likeness (QED) is 0.755. The van der Waals surface area contributed by atoms with Crippen molar-refractivity contribution in [3.05, 3.63) is 35.9 Å². The van der Waals surface area contributed by atoms with E-state index in [0.717, 1.165) is 24.8 Å². The SMILES string of the molecule is CC1(CCC(=O)c2ccccc2)CCCCC1=O. The number of Topliss-reactive ketones (excluding diaryl/α,β-unsaturated/α-hetero) is 2. The second kappa shape index (κ2) is 5.47. The lowest BCUT2D eigenvalue weighted by Gasteiger charge is -2.31. The van der Waals surface area contributed by atoms with Crippen LogP contribution in [0.1, 0.15) is 55.8 Å². The summed E-state index contributed by atoms with van der Waals surface area (Å²) in [5, 5.41) is 0. The first kappa shape index (κ1) is 13.0. The molecule has 2 heteroatoms. The minimum Gasteiger partial charge on any atom is -0.299 e. The molecule has 2 rings (SSSR count). The molecule has 0 bridgehead atoms. The molecule has 0 aromatic heterocycles. The number of hydrogen-bond donors (Lipinski definition) is 0. The van der Waals surface area contributed by atoms with E-state index in [0.29, 0.717) is 25.0 Å². The van der Waals surface area contributed by atoms with E-state index in [9.17, 15) is 9.59 Å². The Morgan fingerprint density at radius 1 is 1.22 bits per heavy atom. The smallest absolute Gasteiger partial charge is 0.162 e. The first-order valence-corrected chi connectivity index (χ1v) is 6.73. The molecule has 96 valence electrons. The molecule has 0 aliphatic heterocycles. The van der Waals surface area contributed by atoms with E-state index < -0.39 is 0 Å². The molecule has 0 amide bonds. The molecular weight excluding hydrogens is 224 g/mol. The van der Waals surface area contributed by atoms with Crippen molar-refractivity contribution in [1.82, 2.24) is 0 Å². The second-order valence-corrected chi connectivity index (χ2v) is 5.48. The predicted molar refractivity (Wildman–Crippen MR) is 71.6 cm³/mol. The largest absolute Gasteiger partial charge is 0.299 e. The lowest BCUT2D eigenvalue weighted by molar-refractivity contribution is -0.130. The zero-order valence-corrected chi connectivity index (χ0v) is 10.9. The van der Waals surface area contributed by atoms with E-state index in [2.05, 4.69) is 0 Å². The first-order chi connectivity index (χ1) is 8.62. The number of ketones is 2. The maximum absolute atomic E-state index is 12.0. The van der Waals surface area contributed by atoms with Gasteiger partial charge in [0.2, 0.25) is 0 Å². The van der Waals surface area contributed by atoms with Crippen LogP contribution in [-0.4, -0.2) is 11.6 Å². The van der Waals surface area contributed by atoms with E-state index >= 15 is 0 Å². The molecule has 1 atom stereocenters. The lowest BCUT2D eigenvalue weighted by atomic mass is 9.71. The summed E-state index contributed by atoms with van der Waals surface area (Å²) < 4.78 is 0. The molecule has 0 N–H and O–H groups in total. The molecule has 2 nitrogen and oxygen atoms in total. The van der Waals surface area contributed by atoms with Crippen LogP contribution in [-0.2, 0) is 4.79 Å². The van der Waals surface area contributed by atoms with Crippen molar-refractivity contribution in [2.45, 2.75) is 45.4 Å².